The zero-order valence-electron chi connectivity index (χ0n) is 12.4. The van der Waals surface area contributed by atoms with Crippen LogP contribution in [0.3, 0.4) is 0 Å². The molecule has 0 saturated heterocycles. The quantitative estimate of drug-likeness (QED) is 0.428. The third kappa shape index (κ3) is 2.60. The van der Waals surface area contributed by atoms with Gasteiger partial charge in [0.1, 0.15) is 0 Å². The van der Waals surface area contributed by atoms with Crippen molar-refractivity contribution in [3.05, 3.63) is 90.1 Å². The minimum atomic E-state index is 0.740. The molecule has 0 spiro atoms. The lowest BCUT2D eigenvalue weighted by Crippen LogP contribution is -1.90. The molecule has 3 aromatic carbocycles. The third-order valence-electron chi connectivity index (χ3n) is 3.99. The minimum Gasteiger partial charge on any atom is -0.256 e. The molecule has 0 unspecified atom stereocenters. The maximum Gasteiger partial charge on any atom is 0.0708 e. The first-order valence-electron chi connectivity index (χ1n) is 7.52. The molecule has 4 aromatic rings. The largest absolute Gasteiger partial charge is 0.256 e. The van der Waals surface area contributed by atoms with Crippen LogP contribution in [0.15, 0.2) is 85.1 Å². The van der Waals surface area contributed by atoms with E-state index in [0.29, 0.717) is 0 Å². The van der Waals surface area contributed by atoms with Gasteiger partial charge in [0.25, 0.3) is 0 Å². The summed E-state index contributed by atoms with van der Waals surface area (Å²) in [7, 11) is 0. The van der Waals surface area contributed by atoms with E-state index in [4.69, 9.17) is 11.6 Å². The monoisotopic (exact) mass is 315 g/mol. The molecule has 0 bridgehead atoms. The molecule has 0 aliphatic rings. The predicted molar refractivity (Wildman–Crippen MR) is 97.6 cm³/mol. The molecular weight excluding hydrogens is 302 g/mol. The predicted octanol–water partition coefficient (Wildman–Crippen LogP) is 6.22. The van der Waals surface area contributed by atoms with Crippen molar-refractivity contribution < 1.29 is 0 Å². The molecule has 0 radical (unpaired) electrons. The van der Waals surface area contributed by atoms with Gasteiger partial charge in [0, 0.05) is 27.7 Å². The summed E-state index contributed by atoms with van der Waals surface area (Å²) in [6.45, 7) is 0. The Morgan fingerprint density at radius 1 is 0.652 bits per heavy atom. The maximum absolute atomic E-state index is 6.04. The van der Waals surface area contributed by atoms with E-state index in [1.165, 1.54) is 11.1 Å². The number of aromatic nitrogens is 1. The van der Waals surface area contributed by atoms with Crippen LogP contribution >= 0.6 is 11.6 Å². The minimum absolute atomic E-state index is 0.740. The first kappa shape index (κ1) is 14.0. The first-order chi connectivity index (χ1) is 11.3. The summed E-state index contributed by atoms with van der Waals surface area (Å²) in [4.78, 5) is 4.63. The molecule has 2 heteroatoms. The Balaban J connectivity index is 2.06. The molecule has 0 aliphatic heterocycles. The van der Waals surface area contributed by atoms with E-state index < -0.39 is 0 Å². The Bertz CT molecular complexity index is 960. The van der Waals surface area contributed by atoms with Crippen molar-refractivity contribution in [2.45, 2.75) is 0 Å². The second kappa shape index (κ2) is 5.86. The van der Waals surface area contributed by atoms with Crippen molar-refractivity contribution >= 4 is 22.5 Å². The van der Waals surface area contributed by atoms with E-state index in [0.717, 1.165) is 27.1 Å². The number of para-hydroxylation sites is 1. The summed E-state index contributed by atoms with van der Waals surface area (Å²) >= 11 is 6.04. The van der Waals surface area contributed by atoms with Gasteiger partial charge in [-0.2, -0.15) is 0 Å². The fourth-order valence-electron chi connectivity index (χ4n) is 2.91. The number of hydrogen-bond donors (Lipinski definition) is 0. The van der Waals surface area contributed by atoms with Gasteiger partial charge in [-0.1, -0.05) is 72.3 Å². The number of benzene rings is 3. The summed E-state index contributed by atoms with van der Waals surface area (Å²) in [6, 6.07) is 26.6. The van der Waals surface area contributed by atoms with Crippen LogP contribution in [0, 0.1) is 0 Å². The van der Waals surface area contributed by atoms with Crippen LogP contribution in [-0.2, 0) is 0 Å². The van der Waals surface area contributed by atoms with Crippen molar-refractivity contribution in [2.24, 2.45) is 0 Å². The number of rotatable bonds is 2. The van der Waals surface area contributed by atoms with Crippen molar-refractivity contribution in [1.29, 1.82) is 0 Å². The molecule has 1 aromatic heterocycles. The topological polar surface area (TPSA) is 12.9 Å². The molecule has 4 rings (SSSR count). The standard InChI is InChI=1S/C21H14ClN/c22-17-12-10-15(11-13-17)19-14-23-20-9-5-4-8-18(20)21(19)16-6-2-1-3-7-16/h1-14H. The summed E-state index contributed by atoms with van der Waals surface area (Å²) in [5, 5.41) is 1.90. The second-order valence-electron chi connectivity index (χ2n) is 5.44. The van der Waals surface area contributed by atoms with Gasteiger partial charge in [0.15, 0.2) is 0 Å². The van der Waals surface area contributed by atoms with E-state index in [9.17, 15) is 0 Å². The van der Waals surface area contributed by atoms with E-state index in [-0.39, 0.29) is 0 Å². The highest BCUT2D eigenvalue weighted by atomic mass is 35.5. The molecule has 0 amide bonds. The van der Waals surface area contributed by atoms with Gasteiger partial charge < -0.3 is 0 Å². The molecule has 0 aliphatic carbocycles. The molecule has 0 N–H and O–H groups in total. The molecular formula is C21H14ClN. The molecule has 23 heavy (non-hydrogen) atoms. The highest BCUT2D eigenvalue weighted by Crippen LogP contribution is 2.37. The van der Waals surface area contributed by atoms with Crippen molar-refractivity contribution in [1.82, 2.24) is 4.98 Å². The lowest BCUT2D eigenvalue weighted by molar-refractivity contribution is 1.40. The van der Waals surface area contributed by atoms with E-state index in [1.54, 1.807) is 0 Å². The van der Waals surface area contributed by atoms with Crippen LogP contribution in [0.1, 0.15) is 0 Å². The summed E-state index contributed by atoms with van der Waals surface area (Å²) < 4.78 is 0. The van der Waals surface area contributed by atoms with Gasteiger partial charge in [0.05, 0.1) is 5.52 Å². The average Bonchev–Trinajstić information content (AvgIpc) is 2.62. The molecule has 1 nitrogen and oxygen atoms in total. The Kier molecular flexibility index (Phi) is 3.57. The molecule has 110 valence electrons. The number of fused-ring (bicyclic) bond motifs is 1. The normalized spacial score (nSPS) is 10.8. The van der Waals surface area contributed by atoms with Gasteiger partial charge in [-0.3, -0.25) is 4.98 Å². The Hall–Kier alpha value is -2.64. The highest BCUT2D eigenvalue weighted by molar-refractivity contribution is 6.30. The summed E-state index contributed by atoms with van der Waals surface area (Å²) in [5.74, 6) is 0. The third-order valence-corrected chi connectivity index (χ3v) is 4.25. The Morgan fingerprint density at radius 3 is 2.13 bits per heavy atom. The summed E-state index contributed by atoms with van der Waals surface area (Å²) in [6.07, 6.45) is 1.95. The molecule has 1 heterocycles. The lowest BCUT2D eigenvalue weighted by Gasteiger charge is -2.13. The Morgan fingerprint density at radius 2 is 1.35 bits per heavy atom. The van der Waals surface area contributed by atoms with Gasteiger partial charge >= 0.3 is 0 Å². The zero-order valence-corrected chi connectivity index (χ0v) is 13.2. The van der Waals surface area contributed by atoms with Gasteiger partial charge in [-0.25, -0.2) is 0 Å². The van der Waals surface area contributed by atoms with Crippen LogP contribution in [0.5, 0.6) is 0 Å². The van der Waals surface area contributed by atoms with Crippen LogP contribution in [0.25, 0.3) is 33.2 Å². The van der Waals surface area contributed by atoms with Gasteiger partial charge in [-0.15, -0.1) is 0 Å². The highest BCUT2D eigenvalue weighted by Gasteiger charge is 2.12. The number of halogens is 1. The molecule has 0 atom stereocenters. The SMILES string of the molecule is Clc1ccc(-c2cnc3ccccc3c2-c2ccccc2)cc1. The van der Waals surface area contributed by atoms with Crippen molar-refractivity contribution in [2.75, 3.05) is 0 Å². The smallest absolute Gasteiger partial charge is 0.0708 e. The fourth-order valence-corrected chi connectivity index (χ4v) is 3.03. The van der Waals surface area contributed by atoms with Crippen molar-refractivity contribution in [3.8, 4) is 22.3 Å². The molecule has 0 saturated carbocycles. The van der Waals surface area contributed by atoms with E-state index in [2.05, 4.69) is 41.4 Å². The average molecular weight is 316 g/mol. The fraction of sp³-hybridized carbons (Fsp3) is 0. The van der Waals surface area contributed by atoms with Crippen LogP contribution < -0.4 is 0 Å². The number of hydrogen-bond acceptors (Lipinski definition) is 1. The second-order valence-corrected chi connectivity index (χ2v) is 5.87. The van der Waals surface area contributed by atoms with E-state index >= 15 is 0 Å². The van der Waals surface area contributed by atoms with Crippen molar-refractivity contribution in [3.63, 3.8) is 0 Å². The van der Waals surface area contributed by atoms with Gasteiger partial charge in [0.2, 0.25) is 0 Å². The number of nitrogens with zero attached hydrogens (tertiary/aromatic N) is 1. The molecule has 0 fully saturated rings. The number of pyridine rings is 1. The Labute approximate surface area is 140 Å². The zero-order chi connectivity index (χ0) is 15.6. The maximum atomic E-state index is 6.04. The first-order valence-corrected chi connectivity index (χ1v) is 7.90. The van der Waals surface area contributed by atoms with E-state index in [1.807, 2.05) is 48.7 Å². The lowest BCUT2D eigenvalue weighted by atomic mass is 9.93. The van der Waals surface area contributed by atoms with Crippen LogP contribution in [-0.4, -0.2) is 4.98 Å². The summed E-state index contributed by atoms with van der Waals surface area (Å²) in [5.41, 5.74) is 5.64. The van der Waals surface area contributed by atoms with Gasteiger partial charge in [-0.05, 0) is 29.3 Å². The van der Waals surface area contributed by atoms with Crippen LogP contribution in [0.4, 0.5) is 0 Å². The van der Waals surface area contributed by atoms with Crippen LogP contribution in [0.2, 0.25) is 5.02 Å².